The van der Waals surface area contributed by atoms with Crippen molar-refractivity contribution in [3.05, 3.63) is 48.3 Å². The van der Waals surface area contributed by atoms with Gasteiger partial charge in [-0.1, -0.05) is 156 Å². The summed E-state index contributed by atoms with van der Waals surface area (Å²) in [5.41, 5.74) is 2.63. The SMILES string of the molecule is CCCCCCCCOc1cc2c3cc(OCCCCCCCC)c(OCCCCCCCC)cc3c3nc4cc(F)ccc4nc3c2cc1OCCCCCCCC. The third kappa shape index (κ3) is 14.4. The van der Waals surface area contributed by atoms with Crippen molar-refractivity contribution in [3.8, 4) is 23.0 Å². The van der Waals surface area contributed by atoms with Crippen LogP contribution in [0.25, 0.3) is 43.6 Å². The molecule has 0 radical (unpaired) electrons. The Balaban J connectivity index is 1.57. The predicted molar refractivity (Wildman–Crippen MR) is 247 cm³/mol. The molecule has 0 fully saturated rings. The molecule has 7 heteroatoms. The van der Waals surface area contributed by atoms with E-state index >= 15 is 0 Å². The van der Waals surface area contributed by atoms with Crippen molar-refractivity contribution in [1.82, 2.24) is 9.97 Å². The van der Waals surface area contributed by atoms with Gasteiger partial charge in [0.15, 0.2) is 23.0 Å². The van der Waals surface area contributed by atoms with E-state index in [2.05, 4.69) is 52.0 Å². The Morgan fingerprint density at radius 2 is 0.661 bits per heavy atom. The number of benzene rings is 4. The highest BCUT2D eigenvalue weighted by molar-refractivity contribution is 6.25. The number of aromatic nitrogens is 2. The number of ether oxygens (including phenoxy) is 4. The minimum atomic E-state index is -0.331. The maximum absolute atomic E-state index is 14.6. The second-order valence-corrected chi connectivity index (χ2v) is 16.7. The van der Waals surface area contributed by atoms with Crippen LogP contribution in [0.1, 0.15) is 182 Å². The Hall–Kier alpha value is -3.87. The molecule has 0 aliphatic rings. The average molecular weight is 811 g/mol. The first-order chi connectivity index (χ1) is 29.1. The van der Waals surface area contributed by atoms with E-state index in [0.29, 0.717) is 43.0 Å². The van der Waals surface area contributed by atoms with Crippen molar-refractivity contribution >= 4 is 43.6 Å². The molecule has 0 atom stereocenters. The molecule has 0 spiro atoms. The molecule has 0 saturated heterocycles. The monoisotopic (exact) mass is 811 g/mol. The molecule has 324 valence electrons. The van der Waals surface area contributed by atoms with E-state index in [1.54, 1.807) is 6.07 Å². The highest BCUT2D eigenvalue weighted by Crippen LogP contribution is 2.44. The fourth-order valence-electron chi connectivity index (χ4n) is 8.07. The molecule has 0 bridgehead atoms. The molecular formula is C52H75FN2O4. The van der Waals surface area contributed by atoms with Crippen LogP contribution in [0.5, 0.6) is 23.0 Å². The zero-order chi connectivity index (χ0) is 41.5. The van der Waals surface area contributed by atoms with Crippen molar-refractivity contribution in [2.75, 3.05) is 26.4 Å². The molecule has 0 amide bonds. The summed E-state index contributed by atoms with van der Waals surface area (Å²) in [6.45, 7) is 11.5. The van der Waals surface area contributed by atoms with Gasteiger partial charge in [0.1, 0.15) is 5.82 Å². The summed E-state index contributed by atoms with van der Waals surface area (Å²) in [5.74, 6) is 2.62. The summed E-state index contributed by atoms with van der Waals surface area (Å²) in [4.78, 5) is 10.3. The minimum Gasteiger partial charge on any atom is -0.490 e. The van der Waals surface area contributed by atoms with Crippen LogP contribution in [0.2, 0.25) is 0 Å². The van der Waals surface area contributed by atoms with E-state index in [-0.39, 0.29) is 5.82 Å². The second-order valence-electron chi connectivity index (χ2n) is 16.7. The molecular weight excluding hydrogens is 736 g/mol. The molecule has 0 saturated carbocycles. The van der Waals surface area contributed by atoms with Crippen LogP contribution >= 0.6 is 0 Å². The van der Waals surface area contributed by atoms with E-state index < -0.39 is 0 Å². The Kier molecular flexibility index (Phi) is 20.6. The van der Waals surface area contributed by atoms with E-state index in [1.165, 1.54) is 115 Å². The zero-order valence-electron chi connectivity index (χ0n) is 37.2. The van der Waals surface area contributed by atoms with E-state index in [0.717, 1.165) is 101 Å². The van der Waals surface area contributed by atoms with Crippen LogP contribution in [-0.2, 0) is 0 Å². The van der Waals surface area contributed by atoms with Gasteiger partial charge in [0.25, 0.3) is 0 Å². The van der Waals surface area contributed by atoms with Crippen LogP contribution in [-0.4, -0.2) is 36.4 Å². The number of nitrogens with zero attached hydrogens (tertiary/aromatic N) is 2. The minimum absolute atomic E-state index is 0.331. The van der Waals surface area contributed by atoms with Gasteiger partial charge in [-0.05, 0) is 72.9 Å². The molecule has 0 aliphatic heterocycles. The Morgan fingerprint density at radius 3 is 1.02 bits per heavy atom. The first-order valence-electron chi connectivity index (χ1n) is 23.9. The molecule has 0 aliphatic carbocycles. The summed E-state index contributed by atoms with van der Waals surface area (Å²) in [7, 11) is 0. The molecule has 59 heavy (non-hydrogen) atoms. The van der Waals surface area contributed by atoms with Crippen LogP contribution in [0.3, 0.4) is 0 Å². The topological polar surface area (TPSA) is 62.7 Å². The summed E-state index contributed by atoms with van der Waals surface area (Å²) in [6.07, 6.45) is 28.6. The Morgan fingerprint density at radius 1 is 0.356 bits per heavy atom. The van der Waals surface area contributed by atoms with Crippen molar-refractivity contribution in [1.29, 1.82) is 0 Å². The third-order valence-electron chi connectivity index (χ3n) is 11.6. The molecule has 6 nitrogen and oxygen atoms in total. The lowest BCUT2D eigenvalue weighted by atomic mass is 9.97. The first kappa shape index (κ1) is 46.2. The highest BCUT2D eigenvalue weighted by atomic mass is 19.1. The summed E-state index contributed by atoms with van der Waals surface area (Å²) in [5, 5.41) is 3.81. The van der Waals surface area contributed by atoms with Gasteiger partial charge in [-0.15, -0.1) is 0 Å². The van der Waals surface area contributed by atoms with Gasteiger partial charge in [0.2, 0.25) is 0 Å². The van der Waals surface area contributed by atoms with Crippen molar-refractivity contribution < 1.29 is 23.3 Å². The average Bonchev–Trinajstić information content (AvgIpc) is 3.24. The first-order valence-corrected chi connectivity index (χ1v) is 23.9. The van der Waals surface area contributed by atoms with Crippen LogP contribution < -0.4 is 18.9 Å². The quantitative estimate of drug-likeness (QED) is 0.0245. The number of fused-ring (bicyclic) bond motifs is 7. The zero-order valence-corrected chi connectivity index (χ0v) is 37.2. The normalized spacial score (nSPS) is 11.7. The molecule has 5 rings (SSSR count). The van der Waals surface area contributed by atoms with Gasteiger partial charge >= 0.3 is 0 Å². The maximum Gasteiger partial charge on any atom is 0.161 e. The maximum atomic E-state index is 14.6. The molecule has 5 aromatic rings. The summed E-state index contributed by atoms with van der Waals surface area (Å²) < 4.78 is 41.0. The molecule has 1 heterocycles. The van der Waals surface area contributed by atoms with Gasteiger partial charge in [0, 0.05) is 16.8 Å². The van der Waals surface area contributed by atoms with Crippen molar-refractivity contribution in [2.45, 2.75) is 182 Å². The summed E-state index contributed by atoms with van der Waals surface area (Å²) >= 11 is 0. The van der Waals surface area contributed by atoms with Crippen LogP contribution in [0.15, 0.2) is 42.5 Å². The lowest BCUT2D eigenvalue weighted by molar-refractivity contribution is 0.259. The lowest BCUT2D eigenvalue weighted by Crippen LogP contribution is -2.04. The van der Waals surface area contributed by atoms with Crippen LogP contribution in [0, 0.1) is 5.82 Å². The standard InChI is InChI=1S/C52H75FN2O4/c1-5-9-13-17-21-25-31-56-47-36-41-42-37-48(57-32-26-22-18-14-10-6-2)50(59-34-28-24-20-16-12-8-4)39-44(42)52-51(54-45-30-29-40(53)35-46(45)55-52)43(41)38-49(47)58-33-27-23-19-15-11-7-3/h29-30,35-39H,5-28,31-34H2,1-4H3. The van der Waals surface area contributed by atoms with Crippen molar-refractivity contribution in [2.24, 2.45) is 0 Å². The second kappa shape index (κ2) is 26.4. The smallest absolute Gasteiger partial charge is 0.161 e. The summed E-state index contributed by atoms with van der Waals surface area (Å²) in [6, 6.07) is 13.1. The molecule has 1 aromatic heterocycles. The van der Waals surface area contributed by atoms with Gasteiger partial charge in [-0.2, -0.15) is 0 Å². The van der Waals surface area contributed by atoms with Gasteiger partial charge in [-0.3, -0.25) is 0 Å². The molecule has 0 N–H and O–H groups in total. The molecule has 4 aromatic carbocycles. The highest BCUT2D eigenvalue weighted by Gasteiger charge is 2.20. The third-order valence-corrected chi connectivity index (χ3v) is 11.6. The Bertz CT molecular complexity index is 1980. The Labute approximate surface area is 355 Å². The van der Waals surface area contributed by atoms with Crippen LogP contribution in [0.4, 0.5) is 4.39 Å². The fraction of sp³-hybridized carbons (Fsp3) is 0.615. The van der Waals surface area contributed by atoms with E-state index in [9.17, 15) is 4.39 Å². The fourth-order valence-corrected chi connectivity index (χ4v) is 8.07. The number of hydrogen-bond donors (Lipinski definition) is 0. The number of rotatable bonds is 32. The van der Waals surface area contributed by atoms with Gasteiger partial charge < -0.3 is 18.9 Å². The van der Waals surface area contributed by atoms with E-state index in [4.69, 9.17) is 28.9 Å². The number of hydrogen-bond acceptors (Lipinski definition) is 6. The number of halogens is 1. The number of unbranched alkanes of at least 4 members (excludes halogenated alkanes) is 20. The lowest BCUT2D eigenvalue weighted by Gasteiger charge is -2.19. The van der Waals surface area contributed by atoms with Gasteiger partial charge in [-0.25, -0.2) is 14.4 Å². The van der Waals surface area contributed by atoms with E-state index in [1.807, 2.05) is 0 Å². The molecule has 0 unspecified atom stereocenters. The predicted octanol–water partition coefficient (Wildman–Crippen LogP) is 16.2. The largest absolute Gasteiger partial charge is 0.490 e. The van der Waals surface area contributed by atoms with Gasteiger partial charge in [0.05, 0.1) is 48.5 Å². The van der Waals surface area contributed by atoms with Crippen molar-refractivity contribution in [3.63, 3.8) is 0 Å².